The second-order valence-corrected chi connectivity index (χ2v) is 4.04. The molecule has 0 saturated carbocycles. The molecule has 0 aliphatic heterocycles. The van der Waals surface area contributed by atoms with Crippen LogP contribution >= 0.6 is 0 Å². The van der Waals surface area contributed by atoms with Crippen LogP contribution in [0.25, 0.3) is 0 Å². The molecule has 3 heteroatoms. The Kier molecular flexibility index (Phi) is 7.63. The zero-order valence-corrected chi connectivity index (χ0v) is 10.7. The molecule has 1 aromatic carbocycles. The van der Waals surface area contributed by atoms with E-state index in [1.165, 1.54) is 12.0 Å². The molecule has 0 amide bonds. The molecule has 0 unspecified atom stereocenters. The first-order valence-electron chi connectivity index (χ1n) is 6.30. The van der Waals surface area contributed by atoms with Crippen LogP contribution in [0.3, 0.4) is 0 Å². The fourth-order valence-electron chi connectivity index (χ4n) is 1.43. The molecular formula is C14H23NO2. The van der Waals surface area contributed by atoms with Crippen molar-refractivity contribution in [2.24, 2.45) is 5.73 Å². The van der Waals surface area contributed by atoms with Crippen LogP contribution in [0.2, 0.25) is 0 Å². The van der Waals surface area contributed by atoms with E-state index < -0.39 is 0 Å². The van der Waals surface area contributed by atoms with E-state index in [1.807, 2.05) is 12.1 Å². The second kappa shape index (κ2) is 9.16. The molecule has 0 spiro atoms. The fraction of sp³-hybridized carbons (Fsp3) is 0.571. The minimum Gasteiger partial charge on any atom is -0.379 e. The number of unbranched alkanes of at least 4 members (excludes halogenated alkanes) is 1. The average molecular weight is 237 g/mol. The van der Waals surface area contributed by atoms with Crippen molar-refractivity contribution in [2.45, 2.75) is 32.9 Å². The number of ether oxygens (including phenoxy) is 2. The van der Waals surface area contributed by atoms with Gasteiger partial charge in [-0.3, -0.25) is 0 Å². The van der Waals surface area contributed by atoms with Gasteiger partial charge in [-0.25, -0.2) is 0 Å². The highest BCUT2D eigenvalue weighted by Crippen LogP contribution is 2.05. The lowest BCUT2D eigenvalue weighted by molar-refractivity contribution is 0.0397. The van der Waals surface area contributed by atoms with Crippen molar-refractivity contribution in [3.8, 4) is 0 Å². The molecule has 0 aliphatic rings. The minimum absolute atomic E-state index is 0.590. The van der Waals surface area contributed by atoms with Crippen LogP contribution in [0, 0.1) is 0 Å². The van der Waals surface area contributed by atoms with Gasteiger partial charge in [0.25, 0.3) is 0 Å². The summed E-state index contributed by atoms with van der Waals surface area (Å²) in [6.45, 7) is 5.56. The maximum atomic E-state index is 5.53. The van der Waals surface area contributed by atoms with Gasteiger partial charge >= 0.3 is 0 Å². The standard InChI is InChI=1S/C14H23NO2/c1-2-3-8-16-9-10-17-12-14-6-4-13(11-15)5-7-14/h4-7H,2-3,8-12,15H2,1H3. The molecule has 0 aliphatic carbocycles. The van der Waals surface area contributed by atoms with Crippen LogP contribution in [-0.2, 0) is 22.6 Å². The number of benzene rings is 1. The summed E-state index contributed by atoms with van der Waals surface area (Å²) >= 11 is 0. The summed E-state index contributed by atoms with van der Waals surface area (Å²) < 4.78 is 10.9. The Morgan fingerprint density at radius 1 is 0.941 bits per heavy atom. The summed E-state index contributed by atoms with van der Waals surface area (Å²) in [5, 5.41) is 0. The number of nitrogens with two attached hydrogens (primary N) is 1. The van der Waals surface area contributed by atoms with Crippen LogP contribution in [0.4, 0.5) is 0 Å². The summed E-state index contributed by atoms with van der Waals surface area (Å²) in [6, 6.07) is 8.19. The van der Waals surface area contributed by atoms with Crippen LogP contribution in [-0.4, -0.2) is 19.8 Å². The van der Waals surface area contributed by atoms with Gasteiger partial charge in [0.2, 0.25) is 0 Å². The quantitative estimate of drug-likeness (QED) is 0.671. The Morgan fingerprint density at radius 3 is 2.24 bits per heavy atom. The summed E-state index contributed by atoms with van der Waals surface area (Å²) in [7, 11) is 0. The Hall–Kier alpha value is -0.900. The van der Waals surface area contributed by atoms with Gasteiger partial charge in [0.15, 0.2) is 0 Å². The van der Waals surface area contributed by atoms with Crippen LogP contribution in [0.1, 0.15) is 30.9 Å². The maximum absolute atomic E-state index is 5.53. The topological polar surface area (TPSA) is 44.5 Å². The van der Waals surface area contributed by atoms with Crippen molar-refractivity contribution in [1.29, 1.82) is 0 Å². The summed E-state index contributed by atoms with van der Waals surface area (Å²) in [5.74, 6) is 0. The Bertz CT molecular complexity index is 285. The van der Waals surface area contributed by atoms with E-state index >= 15 is 0 Å². The predicted octanol–water partition coefficient (Wildman–Crippen LogP) is 2.48. The summed E-state index contributed by atoms with van der Waals surface area (Å²) in [6.07, 6.45) is 2.30. The third-order valence-electron chi connectivity index (χ3n) is 2.54. The van der Waals surface area contributed by atoms with Gasteiger partial charge in [0.1, 0.15) is 0 Å². The third-order valence-corrected chi connectivity index (χ3v) is 2.54. The molecule has 0 aromatic heterocycles. The SMILES string of the molecule is CCCCOCCOCc1ccc(CN)cc1. The molecule has 0 bridgehead atoms. The highest BCUT2D eigenvalue weighted by molar-refractivity contribution is 5.21. The van der Waals surface area contributed by atoms with Crippen molar-refractivity contribution in [3.63, 3.8) is 0 Å². The lowest BCUT2D eigenvalue weighted by Gasteiger charge is -2.06. The smallest absolute Gasteiger partial charge is 0.0718 e. The molecule has 1 rings (SSSR count). The first-order valence-corrected chi connectivity index (χ1v) is 6.30. The van der Waals surface area contributed by atoms with E-state index in [9.17, 15) is 0 Å². The second-order valence-electron chi connectivity index (χ2n) is 4.04. The van der Waals surface area contributed by atoms with Crippen LogP contribution in [0.5, 0.6) is 0 Å². The van der Waals surface area contributed by atoms with Gasteiger partial charge in [-0.2, -0.15) is 0 Å². The van der Waals surface area contributed by atoms with Crippen molar-refractivity contribution in [1.82, 2.24) is 0 Å². The van der Waals surface area contributed by atoms with Crippen molar-refractivity contribution in [2.75, 3.05) is 19.8 Å². The molecule has 96 valence electrons. The largest absolute Gasteiger partial charge is 0.379 e. The molecular weight excluding hydrogens is 214 g/mol. The molecule has 17 heavy (non-hydrogen) atoms. The van der Waals surface area contributed by atoms with Crippen molar-refractivity contribution in [3.05, 3.63) is 35.4 Å². The third kappa shape index (κ3) is 6.41. The monoisotopic (exact) mass is 237 g/mol. The van der Waals surface area contributed by atoms with E-state index in [0.717, 1.165) is 18.6 Å². The number of hydrogen-bond donors (Lipinski definition) is 1. The van der Waals surface area contributed by atoms with Gasteiger partial charge in [0.05, 0.1) is 19.8 Å². The molecule has 1 aromatic rings. The summed E-state index contributed by atoms with van der Waals surface area (Å²) in [5.41, 5.74) is 7.86. The van der Waals surface area contributed by atoms with Crippen molar-refractivity contribution < 1.29 is 9.47 Å². The normalized spacial score (nSPS) is 10.7. The molecule has 0 radical (unpaired) electrons. The molecule has 0 heterocycles. The van der Waals surface area contributed by atoms with E-state index in [-0.39, 0.29) is 0 Å². The van der Waals surface area contributed by atoms with E-state index in [1.54, 1.807) is 0 Å². The van der Waals surface area contributed by atoms with Crippen LogP contribution in [0.15, 0.2) is 24.3 Å². The predicted molar refractivity (Wildman–Crippen MR) is 69.7 cm³/mol. The molecule has 3 nitrogen and oxygen atoms in total. The molecule has 2 N–H and O–H groups in total. The van der Waals surface area contributed by atoms with Crippen LogP contribution < -0.4 is 5.73 Å². The van der Waals surface area contributed by atoms with Crippen molar-refractivity contribution >= 4 is 0 Å². The molecule has 0 saturated heterocycles. The van der Waals surface area contributed by atoms with Gasteiger partial charge in [-0.15, -0.1) is 0 Å². The maximum Gasteiger partial charge on any atom is 0.0718 e. The summed E-state index contributed by atoms with van der Waals surface area (Å²) in [4.78, 5) is 0. The number of rotatable bonds is 9. The highest BCUT2D eigenvalue weighted by atomic mass is 16.5. The highest BCUT2D eigenvalue weighted by Gasteiger charge is 1.94. The molecule has 0 fully saturated rings. The lowest BCUT2D eigenvalue weighted by Crippen LogP contribution is -2.05. The Morgan fingerprint density at radius 2 is 1.59 bits per heavy atom. The average Bonchev–Trinajstić information content (AvgIpc) is 2.38. The Labute approximate surface area is 104 Å². The zero-order chi connectivity index (χ0) is 12.3. The van der Waals surface area contributed by atoms with E-state index in [0.29, 0.717) is 26.4 Å². The molecule has 0 atom stereocenters. The fourth-order valence-corrected chi connectivity index (χ4v) is 1.43. The number of hydrogen-bond acceptors (Lipinski definition) is 3. The van der Waals surface area contributed by atoms with Gasteiger partial charge in [0, 0.05) is 13.2 Å². The minimum atomic E-state index is 0.590. The van der Waals surface area contributed by atoms with E-state index in [4.69, 9.17) is 15.2 Å². The van der Waals surface area contributed by atoms with Gasteiger partial charge in [-0.1, -0.05) is 37.6 Å². The van der Waals surface area contributed by atoms with Gasteiger partial charge in [-0.05, 0) is 17.5 Å². The first-order chi connectivity index (χ1) is 8.36. The lowest BCUT2D eigenvalue weighted by atomic mass is 10.1. The zero-order valence-electron chi connectivity index (χ0n) is 10.7. The first kappa shape index (κ1) is 14.2. The van der Waals surface area contributed by atoms with E-state index in [2.05, 4.69) is 19.1 Å². The Balaban J connectivity index is 2.05. The van der Waals surface area contributed by atoms with Gasteiger partial charge < -0.3 is 15.2 Å².